The molecule has 0 radical (unpaired) electrons. The van der Waals surface area contributed by atoms with Crippen molar-refractivity contribution in [1.29, 1.82) is 0 Å². The van der Waals surface area contributed by atoms with E-state index in [2.05, 4.69) is 19.4 Å². The smallest absolute Gasteiger partial charge is 0.471 e. The largest absolute Gasteiger partial charge is 0.490 e. The lowest BCUT2D eigenvalue weighted by Gasteiger charge is -2.13. The molecule has 0 atom stereocenters. The van der Waals surface area contributed by atoms with E-state index in [0.717, 1.165) is 12.1 Å². The van der Waals surface area contributed by atoms with Gasteiger partial charge in [0.15, 0.2) is 0 Å². The summed E-state index contributed by atoms with van der Waals surface area (Å²) in [6, 6.07) is 7.39. The van der Waals surface area contributed by atoms with Crippen molar-refractivity contribution in [3.63, 3.8) is 0 Å². The highest BCUT2D eigenvalue weighted by Gasteiger charge is 2.39. The van der Waals surface area contributed by atoms with Crippen molar-refractivity contribution in [3.05, 3.63) is 53.7 Å². The summed E-state index contributed by atoms with van der Waals surface area (Å²) in [5.41, 5.74) is 4.93. The Hall–Kier alpha value is -4.42. The van der Waals surface area contributed by atoms with E-state index in [1.165, 1.54) is 24.3 Å². The van der Waals surface area contributed by atoms with E-state index >= 15 is 0 Å². The standard InChI is InChI=1S/C22H15F4N3O6/c1-9(2)32-15-7-12-14(8-13(15)18-28-20(35-29-18)22(24,25)26)33-17(10-3-5-11(23)6-4-10)16(12)19(30)34-21(27)31/h3-9H,1-2H3,(H2,27,31). The molecule has 0 saturated heterocycles. The van der Waals surface area contributed by atoms with E-state index in [9.17, 15) is 27.2 Å². The van der Waals surface area contributed by atoms with Crippen LogP contribution >= 0.6 is 0 Å². The van der Waals surface area contributed by atoms with Gasteiger partial charge >= 0.3 is 24.1 Å². The van der Waals surface area contributed by atoms with Crippen LogP contribution in [0.4, 0.5) is 22.4 Å². The maximum absolute atomic E-state index is 13.4. The number of ether oxygens (including phenoxy) is 2. The average molecular weight is 493 g/mol. The summed E-state index contributed by atoms with van der Waals surface area (Å²) in [6.45, 7) is 3.32. The Bertz CT molecular complexity index is 1420. The fourth-order valence-electron chi connectivity index (χ4n) is 3.25. The Morgan fingerprint density at radius 3 is 2.37 bits per heavy atom. The molecule has 2 N–H and O–H groups in total. The molecule has 0 aliphatic heterocycles. The van der Waals surface area contributed by atoms with Crippen molar-refractivity contribution >= 4 is 23.0 Å². The van der Waals surface area contributed by atoms with Crippen LogP contribution in [0.3, 0.4) is 0 Å². The predicted octanol–water partition coefficient (Wildman–Crippen LogP) is 5.33. The molecule has 0 saturated carbocycles. The molecule has 2 aromatic carbocycles. The number of benzene rings is 2. The van der Waals surface area contributed by atoms with Crippen LogP contribution in [-0.4, -0.2) is 28.3 Å². The highest BCUT2D eigenvalue weighted by Crippen LogP contribution is 2.41. The van der Waals surface area contributed by atoms with Gasteiger partial charge in [-0.25, -0.2) is 14.0 Å². The molecule has 35 heavy (non-hydrogen) atoms. The van der Waals surface area contributed by atoms with Crippen LogP contribution in [0.1, 0.15) is 30.1 Å². The molecule has 182 valence electrons. The van der Waals surface area contributed by atoms with Crippen molar-refractivity contribution in [3.8, 4) is 28.5 Å². The number of hydrogen-bond acceptors (Lipinski definition) is 8. The Labute approximate surface area is 193 Å². The van der Waals surface area contributed by atoms with Crippen LogP contribution in [-0.2, 0) is 10.9 Å². The molecule has 2 aromatic heterocycles. The van der Waals surface area contributed by atoms with E-state index in [1.54, 1.807) is 13.8 Å². The monoisotopic (exact) mass is 493 g/mol. The summed E-state index contributed by atoms with van der Waals surface area (Å²) in [5.74, 6) is -3.86. The molecule has 0 spiro atoms. The normalized spacial score (nSPS) is 11.7. The Kier molecular flexibility index (Phi) is 5.92. The van der Waals surface area contributed by atoms with Crippen molar-refractivity contribution in [2.24, 2.45) is 5.73 Å². The summed E-state index contributed by atoms with van der Waals surface area (Å²) in [5, 5.41) is 3.46. The third-order valence-electron chi connectivity index (χ3n) is 4.57. The molecule has 1 amide bonds. The lowest BCUT2D eigenvalue weighted by molar-refractivity contribution is -0.159. The van der Waals surface area contributed by atoms with Gasteiger partial charge in [-0.15, -0.1) is 0 Å². The summed E-state index contributed by atoms with van der Waals surface area (Å²) < 4.78 is 72.7. The molecule has 0 unspecified atom stereocenters. The number of alkyl halides is 3. The highest BCUT2D eigenvalue weighted by atomic mass is 19.4. The number of nitrogens with two attached hydrogens (primary N) is 1. The number of fused-ring (bicyclic) bond motifs is 1. The molecule has 2 heterocycles. The van der Waals surface area contributed by atoms with Gasteiger partial charge < -0.3 is 24.1 Å². The van der Waals surface area contributed by atoms with Crippen molar-refractivity contribution in [1.82, 2.24) is 10.1 Å². The molecule has 0 aliphatic carbocycles. The topological polar surface area (TPSA) is 131 Å². The van der Waals surface area contributed by atoms with Gasteiger partial charge in [0.1, 0.15) is 28.5 Å². The number of amides is 1. The third-order valence-corrected chi connectivity index (χ3v) is 4.57. The fraction of sp³-hybridized carbons (Fsp3) is 0.182. The van der Waals surface area contributed by atoms with E-state index in [4.69, 9.17) is 14.9 Å². The van der Waals surface area contributed by atoms with Gasteiger partial charge in [-0.3, -0.25) is 0 Å². The molecule has 9 nitrogen and oxygen atoms in total. The van der Waals surface area contributed by atoms with Crippen molar-refractivity contribution < 1.29 is 45.6 Å². The van der Waals surface area contributed by atoms with Gasteiger partial charge in [-0.1, -0.05) is 5.16 Å². The van der Waals surface area contributed by atoms with Gasteiger partial charge in [0.2, 0.25) is 5.82 Å². The second-order valence-corrected chi connectivity index (χ2v) is 7.45. The van der Waals surface area contributed by atoms with Crippen LogP contribution in [0.5, 0.6) is 5.75 Å². The van der Waals surface area contributed by atoms with E-state index in [1.807, 2.05) is 0 Å². The summed E-state index contributed by atoms with van der Waals surface area (Å²) in [6.07, 6.45) is -6.71. The second kappa shape index (κ2) is 8.74. The number of hydrogen-bond donors (Lipinski definition) is 1. The fourth-order valence-corrected chi connectivity index (χ4v) is 3.25. The first-order valence-electron chi connectivity index (χ1n) is 9.90. The molecule has 0 bridgehead atoms. The zero-order valence-electron chi connectivity index (χ0n) is 18.0. The van der Waals surface area contributed by atoms with Gasteiger partial charge in [0.05, 0.1) is 11.7 Å². The molecule has 4 aromatic rings. The molecular formula is C22H15F4N3O6. The van der Waals surface area contributed by atoms with Crippen LogP contribution in [0, 0.1) is 5.82 Å². The Balaban J connectivity index is 1.98. The van der Waals surface area contributed by atoms with E-state index in [-0.39, 0.29) is 39.2 Å². The minimum atomic E-state index is -4.87. The van der Waals surface area contributed by atoms with Crippen LogP contribution in [0.2, 0.25) is 0 Å². The summed E-state index contributed by atoms with van der Waals surface area (Å²) in [4.78, 5) is 27.3. The number of aromatic nitrogens is 2. The number of rotatable bonds is 5. The first kappa shape index (κ1) is 23.7. The Morgan fingerprint density at radius 2 is 1.80 bits per heavy atom. The zero-order valence-corrected chi connectivity index (χ0v) is 18.0. The van der Waals surface area contributed by atoms with Crippen molar-refractivity contribution in [2.45, 2.75) is 26.1 Å². The number of carbonyl (C=O) groups is 2. The Morgan fingerprint density at radius 1 is 1.11 bits per heavy atom. The average Bonchev–Trinajstić information content (AvgIpc) is 3.37. The van der Waals surface area contributed by atoms with Gasteiger partial charge in [0.25, 0.3) is 0 Å². The van der Waals surface area contributed by atoms with Crippen LogP contribution in [0.15, 0.2) is 45.3 Å². The third kappa shape index (κ3) is 4.78. The van der Waals surface area contributed by atoms with Crippen molar-refractivity contribution in [2.75, 3.05) is 0 Å². The SMILES string of the molecule is CC(C)Oc1cc2c(C(=O)OC(N)=O)c(-c3ccc(F)cc3)oc2cc1-c1noc(C(F)(F)F)n1. The van der Waals surface area contributed by atoms with E-state index < -0.39 is 41.9 Å². The minimum Gasteiger partial charge on any atom is -0.490 e. The molecule has 13 heteroatoms. The van der Waals surface area contributed by atoms with E-state index in [0.29, 0.717) is 0 Å². The lowest BCUT2D eigenvalue weighted by Crippen LogP contribution is -2.18. The van der Waals surface area contributed by atoms with Crippen LogP contribution in [0.25, 0.3) is 33.7 Å². The number of carbonyl (C=O) groups excluding carboxylic acids is 2. The van der Waals surface area contributed by atoms with Gasteiger partial charge in [0, 0.05) is 10.9 Å². The maximum atomic E-state index is 13.4. The van der Waals surface area contributed by atoms with Gasteiger partial charge in [-0.2, -0.15) is 18.2 Å². The number of nitrogens with zero attached hydrogens (tertiary/aromatic N) is 2. The second-order valence-electron chi connectivity index (χ2n) is 7.45. The maximum Gasteiger partial charge on any atom is 0.471 e. The van der Waals surface area contributed by atoms with Crippen LogP contribution < -0.4 is 10.5 Å². The highest BCUT2D eigenvalue weighted by molar-refractivity contribution is 6.12. The zero-order chi connectivity index (χ0) is 25.5. The first-order chi connectivity index (χ1) is 16.4. The number of halogens is 4. The first-order valence-corrected chi connectivity index (χ1v) is 9.90. The number of esters is 1. The minimum absolute atomic E-state index is 0.0124. The number of furan rings is 1. The quantitative estimate of drug-likeness (QED) is 0.224. The summed E-state index contributed by atoms with van der Waals surface area (Å²) in [7, 11) is 0. The van der Waals surface area contributed by atoms with Gasteiger partial charge in [-0.05, 0) is 50.2 Å². The number of primary amides is 1. The summed E-state index contributed by atoms with van der Waals surface area (Å²) >= 11 is 0. The predicted molar refractivity (Wildman–Crippen MR) is 111 cm³/mol. The molecule has 0 aliphatic rings. The molecule has 0 fully saturated rings. The molecule has 4 rings (SSSR count). The molecular weight excluding hydrogens is 478 g/mol. The lowest BCUT2D eigenvalue weighted by atomic mass is 10.0.